The summed E-state index contributed by atoms with van der Waals surface area (Å²) in [5, 5.41) is 2.01. The van der Waals surface area contributed by atoms with Crippen molar-refractivity contribution in [1.29, 1.82) is 0 Å². The number of hydrogen-bond donors (Lipinski definition) is 1. The smallest absolute Gasteiger partial charge is 0.416 e. The minimum atomic E-state index is -4.29. The molecule has 0 saturated heterocycles. The second-order valence-corrected chi connectivity index (χ2v) is 5.11. The number of ether oxygens (including phenoxy) is 2. The Morgan fingerprint density at radius 1 is 0.826 bits per heavy atom. The molecule has 2 rings (SSSR count). The first-order valence-corrected chi connectivity index (χ1v) is 7.12. The maximum atomic E-state index is 12.5. The monoisotopic (exact) mass is 326 g/mol. The highest BCUT2D eigenvalue weighted by molar-refractivity contribution is 5.38. The fourth-order valence-corrected chi connectivity index (χ4v) is 2.22. The van der Waals surface area contributed by atoms with Crippen LogP contribution in [0.3, 0.4) is 0 Å². The molecule has 0 fully saturated rings. The molecule has 0 saturated carbocycles. The molecule has 0 aliphatic carbocycles. The van der Waals surface area contributed by atoms with Crippen molar-refractivity contribution in [1.82, 2.24) is 0 Å². The first-order chi connectivity index (χ1) is 10.9. The van der Waals surface area contributed by atoms with Gasteiger partial charge in [-0.3, -0.25) is 0 Å². The molecule has 0 aliphatic rings. The highest BCUT2D eigenvalue weighted by Crippen LogP contribution is 2.29. The fourth-order valence-electron chi connectivity index (χ4n) is 2.22. The molecule has 0 heterocycles. The molecule has 0 atom stereocenters. The summed E-state index contributed by atoms with van der Waals surface area (Å²) >= 11 is 0. The Morgan fingerprint density at radius 3 is 1.83 bits per heavy atom. The molecule has 3 nitrogen and oxygen atoms in total. The SMILES string of the molecule is COc1cc(C[NH2+]Cc2ccc(C(F)(F)F)cc2)cc(OC)c1. The van der Waals surface area contributed by atoms with E-state index >= 15 is 0 Å². The molecule has 2 aromatic carbocycles. The van der Waals surface area contributed by atoms with Crippen molar-refractivity contribution < 1.29 is 28.0 Å². The highest BCUT2D eigenvalue weighted by Gasteiger charge is 2.29. The van der Waals surface area contributed by atoms with Crippen LogP contribution in [0.1, 0.15) is 16.7 Å². The quantitative estimate of drug-likeness (QED) is 0.886. The number of hydrogen-bond acceptors (Lipinski definition) is 2. The van der Waals surface area contributed by atoms with E-state index in [0.717, 1.165) is 23.3 Å². The van der Waals surface area contributed by atoms with Crippen LogP contribution in [0.4, 0.5) is 13.2 Å². The molecular weight excluding hydrogens is 307 g/mol. The number of quaternary nitrogens is 1. The van der Waals surface area contributed by atoms with Crippen molar-refractivity contribution >= 4 is 0 Å². The van der Waals surface area contributed by atoms with Crippen LogP contribution in [-0.4, -0.2) is 14.2 Å². The number of benzene rings is 2. The van der Waals surface area contributed by atoms with Crippen LogP contribution in [0.25, 0.3) is 0 Å². The van der Waals surface area contributed by atoms with E-state index < -0.39 is 11.7 Å². The summed E-state index contributed by atoms with van der Waals surface area (Å²) in [7, 11) is 3.18. The zero-order valence-corrected chi connectivity index (χ0v) is 13.0. The van der Waals surface area contributed by atoms with Gasteiger partial charge in [0, 0.05) is 17.2 Å². The third-order valence-corrected chi connectivity index (χ3v) is 3.45. The Morgan fingerprint density at radius 2 is 1.35 bits per heavy atom. The predicted molar refractivity (Wildman–Crippen MR) is 80.3 cm³/mol. The van der Waals surface area contributed by atoms with E-state index in [1.807, 2.05) is 17.4 Å². The minimum Gasteiger partial charge on any atom is -0.497 e. The van der Waals surface area contributed by atoms with E-state index in [1.54, 1.807) is 20.3 Å². The molecule has 2 N–H and O–H groups in total. The largest absolute Gasteiger partial charge is 0.497 e. The molecule has 0 amide bonds. The van der Waals surface area contributed by atoms with E-state index in [9.17, 15) is 13.2 Å². The number of alkyl halides is 3. The Labute approximate surface area is 133 Å². The third kappa shape index (κ3) is 4.89. The van der Waals surface area contributed by atoms with Gasteiger partial charge in [0.2, 0.25) is 0 Å². The lowest BCUT2D eigenvalue weighted by Gasteiger charge is -2.09. The molecule has 0 bridgehead atoms. The summed E-state index contributed by atoms with van der Waals surface area (Å²) in [6.07, 6.45) is -4.29. The van der Waals surface area contributed by atoms with Gasteiger partial charge in [0.15, 0.2) is 0 Å². The van der Waals surface area contributed by atoms with E-state index in [1.165, 1.54) is 12.1 Å². The first-order valence-electron chi connectivity index (χ1n) is 7.12. The van der Waals surface area contributed by atoms with Crippen molar-refractivity contribution in [2.24, 2.45) is 0 Å². The molecule has 124 valence electrons. The molecule has 0 radical (unpaired) electrons. The summed E-state index contributed by atoms with van der Waals surface area (Å²) in [5.74, 6) is 1.42. The van der Waals surface area contributed by atoms with Crippen LogP contribution in [0.5, 0.6) is 11.5 Å². The van der Waals surface area contributed by atoms with Gasteiger partial charge in [0.05, 0.1) is 19.8 Å². The van der Waals surface area contributed by atoms with Gasteiger partial charge in [0.1, 0.15) is 24.6 Å². The molecule has 0 spiro atoms. The van der Waals surface area contributed by atoms with Crippen LogP contribution in [0.15, 0.2) is 42.5 Å². The molecule has 0 unspecified atom stereocenters. The van der Waals surface area contributed by atoms with Gasteiger partial charge in [-0.1, -0.05) is 12.1 Å². The summed E-state index contributed by atoms with van der Waals surface area (Å²) in [4.78, 5) is 0. The lowest BCUT2D eigenvalue weighted by atomic mass is 10.1. The molecule has 0 aliphatic heterocycles. The second kappa shape index (κ2) is 7.37. The van der Waals surface area contributed by atoms with Gasteiger partial charge in [-0.2, -0.15) is 13.2 Å². The summed E-state index contributed by atoms with van der Waals surface area (Å²) in [5.41, 5.74) is 1.24. The molecule has 23 heavy (non-hydrogen) atoms. The van der Waals surface area contributed by atoms with Crippen LogP contribution < -0.4 is 14.8 Å². The Balaban J connectivity index is 1.94. The van der Waals surface area contributed by atoms with Gasteiger partial charge >= 0.3 is 6.18 Å². The van der Waals surface area contributed by atoms with Gasteiger partial charge in [0.25, 0.3) is 0 Å². The number of halogens is 3. The fraction of sp³-hybridized carbons (Fsp3) is 0.294. The van der Waals surface area contributed by atoms with Crippen LogP contribution in [0.2, 0.25) is 0 Å². The van der Waals surface area contributed by atoms with Crippen molar-refractivity contribution in [2.75, 3.05) is 14.2 Å². The van der Waals surface area contributed by atoms with E-state index in [2.05, 4.69) is 0 Å². The lowest BCUT2D eigenvalue weighted by Crippen LogP contribution is -2.80. The highest BCUT2D eigenvalue weighted by atomic mass is 19.4. The summed E-state index contributed by atoms with van der Waals surface area (Å²) in [6.45, 7) is 1.27. The van der Waals surface area contributed by atoms with Crippen molar-refractivity contribution in [3.05, 3.63) is 59.2 Å². The third-order valence-electron chi connectivity index (χ3n) is 3.45. The van der Waals surface area contributed by atoms with Crippen molar-refractivity contribution in [3.8, 4) is 11.5 Å². The number of nitrogens with two attached hydrogens (primary N) is 1. The maximum Gasteiger partial charge on any atom is 0.416 e. The Bertz CT molecular complexity index is 617. The molecule has 6 heteroatoms. The average molecular weight is 326 g/mol. The second-order valence-electron chi connectivity index (χ2n) is 5.11. The van der Waals surface area contributed by atoms with E-state index in [4.69, 9.17) is 9.47 Å². The first kappa shape index (κ1) is 17.1. The molecule has 0 aromatic heterocycles. The number of methoxy groups -OCH3 is 2. The maximum absolute atomic E-state index is 12.5. The standard InChI is InChI=1S/C17H18F3NO2/c1-22-15-7-13(8-16(9-15)23-2)11-21-10-12-3-5-14(6-4-12)17(18,19)20/h3-9,21H,10-11H2,1-2H3/p+1. The van der Waals surface area contributed by atoms with E-state index in [-0.39, 0.29) is 0 Å². The van der Waals surface area contributed by atoms with Crippen molar-refractivity contribution in [3.63, 3.8) is 0 Å². The molecule has 2 aromatic rings. The zero-order valence-electron chi connectivity index (χ0n) is 13.0. The average Bonchev–Trinajstić information content (AvgIpc) is 2.54. The Kier molecular flexibility index (Phi) is 5.50. The summed E-state index contributed by atoms with van der Waals surface area (Å²) in [6, 6.07) is 10.8. The zero-order chi connectivity index (χ0) is 16.9. The van der Waals surface area contributed by atoms with Gasteiger partial charge < -0.3 is 14.8 Å². The van der Waals surface area contributed by atoms with Crippen LogP contribution >= 0.6 is 0 Å². The van der Waals surface area contributed by atoms with Crippen molar-refractivity contribution in [2.45, 2.75) is 19.3 Å². The Hall–Kier alpha value is -2.21. The summed E-state index contributed by atoms with van der Waals surface area (Å²) < 4.78 is 47.9. The van der Waals surface area contributed by atoms with Gasteiger partial charge in [-0.15, -0.1) is 0 Å². The van der Waals surface area contributed by atoms with Crippen LogP contribution in [0, 0.1) is 0 Å². The molecular formula is C17H19F3NO2+. The normalized spacial score (nSPS) is 11.3. The number of rotatable bonds is 6. The van der Waals surface area contributed by atoms with Gasteiger partial charge in [-0.25, -0.2) is 0 Å². The topological polar surface area (TPSA) is 35.1 Å². The van der Waals surface area contributed by atoms with E-state index in [0.29, 0.717) is 24.6 Å². The minimum absolute atomic E-state index is 0.595. The lowest BCUT2D eigenvalue weighted by molar-refractivity contribution is -0.686. The predicted octanol–water partition coefficient (Wildman–Crippen LogP) is 2.99. The van der Waals surface area contributed by atoms with Crippen LogP contribution in [-0.2, 0) is 19.3 Å². The van der Waals surface area contributed by atoms with Gasteiger partial charge in [-0.05, 0) is 24.3 Å².